The van der Waals surface area contributed by atoms with Gasteiger partial charge >= 0.3 is 5.97 Å². The van der Waals surface area contributed by atoms with Crippen LogP contribution in [-0.4, -0.2) is 18.6 Å². The zero-order chi connectivity index (χ0) is 11.6. The fourth-order valence-electron chi connectivity index (χ4n) is 2.72. The second-order valence-electron chi connectivity index (χ2n) is 5.63. The molecular weight excluding hydrogens is 202 g/mol. The van der Waals surface area contributed by atoms with Crippen LogP contribution in [0.15, 0.2) is 0 Å². The van der Waals surface area contributed by atoms with E-state index in [-0.39, 0.29) is 17.5 Å². The van der Waals surface area contributed by atoms with Crippen LogP contribution in [0.2, 0.25) is 0 Å². The van der Waals surface area contributed by atoms with Crippen molar-refractivity contribution in [2.45, 2.75) is 58.0 Å². The average Bonchev–Trinajstić information content (AvgIpc) is 2.21. The summed E-state index contributed by atoms with van der Waals surface area (Å²) in [7, 11) is 0. The Kier molecular flexibility index (Phi) is 3.53. The van der Waals surface area contributed by atoms with Crippen LogP contribution in [0.1, 0.15) is 51.9 Å². The van der Waals surface area contributed by atoms with Crippen molar-refractivity contribution in [2.75, 3.05) is 6.54 Å². The molecule has 0 aromatic heterocycles. The predicted octanol–water partition coefficient (Wildman–Crippen LogP) is 2.24. The lowest BCUT2D eigenvalue weighted by molar-refractivity contribution is -0.168. The summed E-state index contributed by atoms with van der Waals surface area (Å²) in [6.07, 6.45) is 7.57. The highest BCUT2D eigenvalue weighted by Crippen LogP contribution is 2.41. The minimum absolute atomic E-state index is 0.0270. The molecule has 0 heterocycles. The molecule has 0 aromatic carbocycles. The molecule has 2 rings (SSSR count). The summed E-state index contributed by atoms with van der Waals surface area (Å²) in [5.74, 6) is 0.767. The Morgan fingerprint density at radius 2 is 1.94 bits per heavy atom. The van der Waals surface area contributed by atoms with E-state index in [9.17, 15) is 4.79 Å². The molecule has 0 radical (unpaired) electrons. The first-order valence-electron chi connectivity index (χ1n) is 6.57. The Labute approximate surface area is 97.7 Å². The van der Waals surface area contributed by atoms with E-state index in [1.807, 2.05) is 0 Å². The molecule has 2 fully saturated rings. The summed E-state index contributed by atoms with van der Waals surface area (Å²) in [5, 5.41) is 0. The molecule has 0 aromatic rings. The molecule has 0 amide bonds. The Hall–Kier alpha value is -0.570. The first-order valence-corrected chi connectivity index (χ1v) is 6.57. The third kappa shape index (κ3) is 2.24. The lowest BCUT2D eigenvalue weighted by atomic mass is 9.69. The highest BCUT2D eigenvalue weighted by molar-refractivity contribution is 5.78. The summed E-state index contributed by atoms with van der Waals surface area (Å²) in [5.41, 5.74) is 5.38. The largest absolute Gasteiger partial charge is 0.462 e. The Morgan fingerprint density at radius 3 is 2.38 bits per heavy atom. The zero-order valence-corrected chi connectivity index (χ0v) is 10.2. The van der Waals surface area contributed by atoms with Crippen LogP contribution in [0, 0.1) is 11.3 Å². The number of ether oxygens (including phenoxy) is 1. The quantitative estimate of drug-likeness (QED) is 0.749. The van der Waals surface area contributed by atoms with Gasteiger partial charge in [0.05, 0.1) is 5.41 Å². The van der Waals surface area contributed by atoms with Gasteiger partial charge in [0.2, 0.25) is 0 Å². The van der Waals surface area contributed by atoms with E-state index in [0.717, 1.165) is 38.0 Å². The van der Waals surface area contributed by atoms with Gasteiger partial charge in [0, 0.05) is 6.54 Å². The second kappa shape index (κ2) is 4.74. The molecule has 2 aliphatic carbocycles. The number of nitrogens with two attached hydrogens (primary N) is 1. The van der Waals surface area contributed by atoms with Crippen molar-refractivity contribution in [1.82, 2.24) is 0 Å². The van der Waals surface area contributed by atoms with Crippen LogP contribution >= 0.6 is 0 Å². The van der Waals surface area contributed by atoms with Gasteiger partial charge in [-0.25, -0.2) is 0 Å². The highest BCUT2D eigenvalue weighted by Gasteiger charge is 2.45. The van der Waals surface area contributed by atoms with Crippen LogP contribution < -0.4 is 5.73 Å². The molecule has 92 valence electrons. The summed E-state index contributed by atoms with van der Waals surface area (Å²) in [6, 6.07) is 0. The van der Waals surface area contributed by atoms with E-state index in [1.165, 1.54) is 12.8 Å². The van der Waals surface area contributed by atoms with Crippen LogP contribution in [0.4, 0.5) is 0 Å². The summed E-state index contributed by atoms with van der Waals surface area (Å²) >= 11 is 0. The van der Waals surface area contributed by atoms with Gasteiger partial charge in [0.25, 0.3) is 0 Å². The lowest BCUT2D eigenvalue weighted by Crippen LogP contribution is -2.46. The Balaban J connectivity index is 1.83. The van der Waals surface area contributed by atoms with Crippen LogP contribution in [0.5, 0.6) is 0 Å². The average molecular weight is 225 g/mol. The molecule has 0 spiro atoms. The number of rotatable bonds is 3. The summed E-state index contributed by atoms with van der Waals surface area (Å²) < 4.78 is 5.62. The molecule has 3 heteroatoms. The van der Waals surface area contributed by atoms with E-state index in [4.69, 9.17) is 10.5 Å². The van der Waals surface area contributed by atoms with Crippen molar-refractivity contribution in [3.63, 3.8) is 0 Å². The van der Waals surface area contributed by atoms with Gasteiger partial charge in [0.1, 0.15) is 6.10 Å². The van der Waals surface area contributed by atoms with Crippen molar-refractivity contribution in [2.24, 2.45) is 17.1 Å². The first kappa shape index (κ1) is 11.9. The smallest absolute Gasteiger partial charge is 0.313 e. The molecule has 0 unspecified atom stereocenters. The number of carbonyl (C=O) groups is 1. The number of carbonyl (C=O) groups excluding carboxylic acids is 1. The maximum Gasteiger partial charge on any atom is 0.313 e. The van der Waals surface area contributed by atoms with Gasteiger partial charge < -0.3 is 10.5 Å². The van der Waals surface area contributed by atoms with Crippen molar-refractivity contribution < 1.29 is 9.53 Å². The van der Waals surface area contributed by atoms with Gasteiger partial charge in [0.15, 0.2) is 0 Å². The maximum atomic E-state index is 12.0. The molecule has 3 nitrogen and oxygen atoms in total. The number of hydrogen-bond acceptors (Lipinski definition) is 3. The minimum atomic E-state index is -0.316. The SMILES string of the molecule is CC1CCC(OC(=O)C2(CN)CCC2)CC1. The standard InChI is InChI=1S/C13H23NO2/c1-10-3-5-11(6-4-10)16-12(15)13(9-14)7-2-8-13/h10-11H,2-9,14H2,1H3. The van der Waals surface area contributed by atoms with Crippen molar-refractivity contribution >= 4 is 5.97 Å². The molecule has 2 saturated carbocycles. The fourth-order valence-corrected chi connectivity index (χ4v) is 2.72. The monoisotopic (exact) mass is 225 g/mol. The van der Waals surface area contributed by atoms with Gasteiger partial charge in [-0.05, 0) is 44.4 Å². The van der Waals surface area contributed by atoms with E-state index in [2.05, 4.69) is 6.92 Å². The molecule has 0 bridgehead atoms. The Morgan fingerprint density at radius 1 is 1.31 bits per heavy atom. The zero-order valence-electron chi connectivity index (χ0n) is 10.2. The van der Waals surface area contributed by atoms with Crippen molar-refractivity contribution in [3.05, 3.63) is 0 Å². The van der Waals surface area contributed by atoms with Crippen LogP contribution in [0.25, 0.3) is 0 Å². The topological polar surface area (TPSA) is 52.3 Å². The molecular formula is C13H23NO2. The molecule has 2 N–H and O–H groups in total. The molecule has 0 atom stereocenters. The van der Waals surface area contributed by atoms with Gasteiger partial charge in [-0.2, -0.15) is 0 Å². The normalized spacial score (nSPS) is 32.9. The molecule has 16 heavy (non-hydrogen) atoms. The molecule has 0 aliphatic heterocycles. The number of esters is 1. The maximum absolute atomic E-state index is 12.0. The number of hydrogen-bond donors (Lipinski definition) is 1. The molecule has 0 saturated heterocycles. The highest BCUT2D eigenvalue weighted by atomic mass is 16.5. The van der Waals surface area contributed by atoms with E-state index < -0.39 is 0 Å². The van der Waals surface area contributed by atoms with E-state index >= 15 is 0 Å². The first-order chi connectivity index (χ1) is 7.66. The van der Waals surface area contributed by atoms with Gasteiger partial charge in [-0.1, -0.05) is 13.3 Å². The third-order valence-electron chi connectivity index (χ3n) is 4.37. The summed E-state index contributed by atoms with van der Waals surface area (Å²) in [4.78, 5) is 12.0. The predicted molar refractivity (Wildman–Crippen MR) is 62.9 cm³/mol. The van der Waals surface area contributed by atoms with E-state index in [1.54, 1.807) is 0 Å². The third-order valence-corrected chi connectivity index (χ3v) is 4.37. The van der Waals surface area contributed by atoms with Crippen molar-refractivity contribution in [3.8, 4) is 0 Å². The van der Waals surface area contributed by atoms with Crippen LogP contribution in [-0.2, 0) is 9.53 Å². The fraction of sp³-hybridized carbons (Fsp3) is 0.923. The van der Waals surface area contributed by atoms with Crippen molar-refractivity contribution in [1.29, 1.82) is 0 Å². The minimum Gasteiger partial charge on any atom is -0.462 e. The van der Waals surface area contributed by atoms with Crippen LogP contribution in [0.3, 0.4) is 0 Å². The lowest BCUT2D eigenvalue weighted by Gasteiger charge is -2.39. The van der Waals surface area contributed by atoms with Gasteiger partial charge in [-0.15, -0.1) is 0 Å². The van der Waals surface area contributed by atoms with E-state index in [0.29, 0.717) is 6.54 Å². The molecule has 2 aliphatic rings. The van der Waals surface area contributed by atoms with Gasteiger partial charge in [-0.3, -0.25) is 4.79 Å². The second-order valence-corrected chi connectivity index (χ2v) is 5.63. The summed E-state index contributed by atoms with van der Waals surface area (Å²) in [6.45, 7) is 2.72. The Bertz CT molecular complexity index is 247.